The molecule has 1 fully saturated rings. The molecule has 0 unspecified atom stereocenters. The largest absolute Gasteiger partial charge is 0.368 e. The molecule has 3 atom stereocenters. The van der Waals surface area contributed by atoms with E-state index in [0.717, 1.165) is 25.1 Å². The summed E-state index contributed by atoms with van der Waals surface area (Å²) in [5.74, 6) is 0.0789. The van der Waals surface area contributed by atoms with Gasteiger partial charge in [-0.1, -0.05) is 36.4 Å². The number of likely N-dealkylation sites (tertiary alicyclic amines) is 1. The lowest BCUT2D eigenvalue weighted by molar-refractivity contribution is -0.120. The minimum atomic E-state index is -0.452. The Morgan fingerprint density at radius 3 is 2.79 bits per heavy atom. The van der Waals surface area contributed by atoms with Crippen LogP contribution in [0.1, 0.15) is 29.6 Å². The number of benzene rings is 1. The Morgan fingerprint density at radius 2 is 2.12 bits per heavy atom. The first-order valence-electron chi connectivity index (χ1n) is 8.34. The third-order valence-electron chi connectivity index (χ3n) is 4.80. The molecule has 0 spiro atoms. The van der Waals surface area contributed by atoms with Crippen molar-refractivity contribution >= 4 is 5.91 Å². The second-order valence-electron chi connectivity index (χ2n) is 6.41. The van der Waals surface area contributed by atoms with Gasteiger partial charge < -0.3 is 11.1 Å². The van der Waals surface area contributed by atoms with Crippen molar-refractivity contribution in [1.82, 2.24) is 15.2 Å². The van der Waals surface area contributed by atoms with Gasteiger partial charge in [0.05, 0.1) is 0 Å². The van der Waals surface area contributed by atoms with Crippen molar-refractivity contribution < 1.29 is 4.79 Å². The Bertz CT molecular complexity index is 662. The number of primary amides is 1. The molecule has 1 saturated heterocycles. The van der Waals surface area contributed by atoms with Gasteiger partial charge in [-0.25, -0.2) is 0 Å². The summed E-state index contributed by atoms with van der Waals surface area (Å²) in [7, 11) is 2.14. The van der Waals surface area contributed by atoms with Gasteiger partial charge in [-0.3, -0.25) is 14.7 Å². The van der Waals surface area contributed by atoms with E-state index in [-0.39, 0.29) is 5.91 Å². The molecule has 24 heavy (non-hydrogen) atoms. The number of amides is 1. The Labute approximate surface area is 142 Å². The number of hydrogen-bond acceptors (Lipinski definition) is 4. The van der Waals surface area contributed by atoms with Gasteiger partial charge in [-0.15, -0.1) is 0 Å². The van der Waals surface area contributed by atoms with E-state index in [1.54, 1.807) is 6.20 Å². The molecule has 5 heteroatoms. The number of carbonyl (C=O) groups is 1. The summed E-state index contributed by atoms with van der Waals surface area (Å²) in [5.41, 5.74) is 7.74. The predicted octanol–water partition coefficient (Wildman–Crippen LogP) is 1.89. The summed E-state index contributed by atoms with van der Waals surface area (Å²) in [4.78, 5) is 18.5. The molecule has 2 aromatic rings. The Kier molecular flexibility index (Phi) is 5.23. The number of rotatable bonds is 6. The maximum absolute atomic E-state index is 11.9. The van der Waals surface area contributed by atoms with Crippen LogP contribution in [0.25, 0.3) is 0 Å². The van der Waals surface area contributed by atoms with E-state index in [9.17, 15) is 4.79 Å². The minimum absolute atomic E-state index is 0.315. The van der Waals surface area contributed by atoms with Crippen LogP contribution >= 0.6 is 0 Å². The molecule has 1 amide bonds. The van der Waals surface area contributed by atoms with Crippen molar-refractivity contribution in [3.8, 4) is 0 Å². The van der Waals surface area contributed by atoms with Crippen LogP contribution in [0.2, 0.25) is 0 Å². The predicted molar refractivity (Wildman–Crippen MR) is 94.1 cm³/mol. The molecule has 1 aromatic heterocycles. The van der Waals surface area contributed by atoms with E-state index in [1.807, 2.05) is 42.6 Å². The summed E-state index contributed by atoms with van der Waals surface area (Å²) < 4.78 is 0. The Hall–Kier alpha value is -2.24. The number of nitrogens with zero attached hydrogens (tertiary/aromatic N) is 2. The molecule has 5 nitrogen and oxygen atoms in total. The molecular weight excluding hydrogens is 300 g/mol. The third kappa shape index (κ3) is 3.63. The van der Waals surface area contributed by atoms with Crippen molar-refractivity contribution in [1.29, 1.82) is 0 Å². The van der Waals surface area contributed by atoms with Crippen LogP contribution in [-0.4, -0.2) is 35.9 Å². The van der Waals surface area contributed by atoms with Crippen LogP contribution in [0.15, 0.2) is 54.9 Å². The second-order valence-corrected chi connectivity index (χ2v) is 6.41. The third-order valence-corrected chi connectivity index (χ3v) is 4.80. The Morgan fingerprint density at radius 1 is 1.33 bits per heavy atom. The SMILES string of the molecule is CN1CC[C@@H](CN[C@@H](C(N)=O)c2ccccc2)[C@@H]1c1cccnc1. The van der Waals surface area contributed by atoms with Crippen molar-refractivity contribution in [3.05, 3.63) is 66.0 Å². The number of hydrogen-bond donors (Lipinski definition) is 2. The van der Waals surface area contributed by atoms with Gasteiger partial charge in [-0.05, 0) is 43.1 Å². The van der Waals surface area contributed by atoms with Crippen LogP contribution in [0, 0.1) is 5.92 Å². The average molecular weight is 324 g/mol. The first-order chi connectivity index (χ1) is 11.7. The maximum Gasteiger partial charge on any atom is 0.239 e. The van der Waals surface area contributed by atoms with Crippen LogP contribution in [-0.2, 0) is 4.79 Å². The van der Waals surface area contributed by atoms with Crippen molar-refractivity contribution in [3.63, 3.8) is 0 Å². The molecule has 0 saturated carbocycles. The first kappa shape index (κ1) is 16.6. The molecule has 0 aliphatic carbocycles. The highest BCUT2D eigenvalue weighted by molar-refractivity contribution is 5.81. The fourth-order valence-corrected chi connectivity index (χ4v) is 3.61. The average Bonchev–Trinajstić information content (AvgIpc) is 2.97. The number of nitrogens with one attached hydrogen (secondary N) is 1. The van der Waals surface area contributed by atoms with E-state index >= 15 is 0 Å². The molecule has 1 aliphatic heterocycles. The van der Waals surface area contributed by atoms with Gasteiger partial charge in [0, 0.05) is 25.0 Å². The molecular formula is C19H24N4O. The van der Waals surface area contributed by atoms with E-state index in [4.69, 9.17) is 5.73 Å². The van der Waals surface area contributed by atoms with E-state index in [1.165, 1.54) is 5.56 Å². The highest BCUT2D eigenvalue weighted by Gasteiger charge is 2.33. The van der Waals surface area contributed by atoms with Crippen molar-refractivity contribution in [2.45, 2.75) is 18.5 Å². The number of pyridine rings is 1. The van der Waals surface area contributed by atoms with Gasteiger partial charge in [-0.2, -0.15) is 0 Å². The van der Waals surface area contributed by atoms with E-state index in [0.29, 0.717) is 12.0 Å². The molecule has 126 valence electrons. The standard InChI is InChI=1S/C19H24N4O/c1-23-11-9-16(18(23)15-8-5-10-21-12-15)13-22-17(19(20)24)14-6-3-2-4-7-14/h2-8,10,12,16-18,22H,9,11,13H2,1H3,(H2,20,24)/t16-,17+,18-/m0/s1. The van der Waals surface area contributed by atoms with Gasteiger partial charge in [0.15, 0.2) is 0 Å². The molecule has 1 aliphatic rings. The zero-order valence-electron chi connectivity index (χ0n) is 13.9. The molecule has 1 aromatic carbocycles. The lowest BCUT2D eigenvalue weighted by Gasteiger charge is -2.27. The van der Waals surface area contributed by atoms with E-state index in [2.05, 4.69) is 28.3 Å². The lowest BCUT2D eigenvalue weighted by Crippen LogP contribution is -2.37. The van der Waals surface area contributed by atoms with Gasteiger partial charge in [0.1, 0.15) is 6.04 Å². The molecule has 2 heterocycles. The van der Waals surface area contributed by atoms with Crippen LogP contribution in [0.4, 0.5) is 0 Å². The van der Waals surface area contributed by atoms with Gasteiger partial charge in [0.25, 0.3) is 0 Å². The Balaban J connectivity index is 1.71. The topological polar surface area (TPSA) is 71.2 Å². The van der Waals surface area contributed by atoms with Gasteiger partial charge >= 0.3 is 0 Å². The first-order valence-corrected chi connectivity index (χ1v) is 8.34. The minimum Gasteiger partial charge on any atom is -0.368 e. The van der Waals surface area contributed by atoms with Crippen molar-refractivity contribution in [2.24, 2.45) is 11.7 Å². The van der Waals surface area contributed by atoms with Gasteiger partial charge in [0.2, 0.25) is 5.91 Å². The smallest absolute Gasteiger partial charge is 0.239 e. The summed E-state index contributed by atoms with van der Waals surface area (Å²) in [5, 5.41) is 3.38. The fraction of sp³-hybridized carbons (Fsp3) is 0.368. The lowest BCUT2D eigenvalue weighted by atomic mass is 9.94. The number of nitrogens with two attached hydrogens (primary N) is 1. The van der Waals surface area contributed by atoms with E-state index < -0.39 is 6.04 Å². The van der Waals surface area contributed by atoms with Crippen LogP contribution < -0.4 is 11.1 Å². The van der Waals surface area contributed by atoms with Crippen LogP contribution in [0.5, 0.6) is 0 Å². The zero-order valence-corrected chi connectivity index (χ0v) is 13.9. The zero-order chi connectivity index (χ0) is 16.9. The summed E-state index contributed by atoms with van der Waals surface area (Å²) >= 11 is 0. The molecule has 3 N–H and O–H groups in total. The molecule has 0 radical (unpaired) electrons. The number of carbonyl (C=O) groups excluding carboxylic acids is 1. The maximum atomic E-state index is 11.9. The molecule has 0 bridgehead atoms. The summed E-state index contributed by atoms with van der Waals surface area (Å²) in [6.45, 7) is 1.78. The van der Waals surface area contributed by atoms with Crippen molar-refractivity contribution in [2.75, 3.05) is 20.1 Å². The highest BCUT2D eigenvalue weighted by atomic mass is 16.1. The number of aromatic nitrogens is 1. The highest BCUT2D eigenvalue weighted by Crippen LogP contribution is 2.35. The summed E-state index contributed by atoms with van der Waals surface area (Å²) in [6.07, 6.45) is 4.82. The quantitative estimate of drug-likeness (QED) is 0.851. The normalized spacial score (nSPS) is 22.4. The molecule has 3 rings (SSSR count). The summed E-state index contributed by atoms with van der Waals surface area (Å²) in [6, 6.07) is 13.6. The second kappa shape index (κ2) is 7.55. The monoisotopic (exact) mass is 324 g/mol. The fourth-order valence-electron chi connectivity index (χ4n) is 3.61. The van der Waals surface area contributed by atoms with Crippen LogP contribution in [0.3, 0.4) is 0 Å².